The van der Waals surface area contributed by atoms with Crippen molar-refractivity contribution < 1.29 is 42.6 Å². The average molecular weight is 912 g/mol. The van der Waals surface area contributed by atoms with E-state index in [1.807, 2.05) is 19.1 Å². The molecule has 346 valence electrons. The highest BCUT2D eigenvalue weighted by atomic mass is 19.1. The quantitative estimate of drug-likeness (QED) is 0.0599. The Hall–Kier alpha value is -7.69. The molecule has 0 aliphatic carbocycles. The summed E-state index contributed by atoms with van der Waals surface area (Å²) in [6.45, 7) is 4.36. The van der Waals surface area contributed by atoms with Crippen molar-refractivity contribution in [2.45, 2.75) is 84.2 Å². The Labute approximate surface area is 384 Å². The molecule has 3 N–H and O–H groups in total. The Bertz CT molecular complexity index is 3030. The van der Waals surface area contributed by atoms with Crippen molar-refractivity contribution in [3.8, 4) is 23.1 Å². The first-order valence-corrected chi connectivity index (χ1v) is 22.3. The fourth-order valence-corrected chi connectivity index (χ4v) is 8.50. The lowest BCUT2D eigenvalue weighted by Crippen LogP contribution is -2.52. The zero-order valence-corrected chi connectivity index (χ0v) is 37.6. The lowest BCUT2D eigenvalue weighted by atomic mass is 10.0. The van der Waals surface area contributed by atoms with Crippen LogP contribution < -0.4 is 35.6 Å². The van der Waals surface area contributed by atoms with Gasteiger partial charge >= 0.3 is 0 Å². The molecule has 0 bridgehead atoms. The molecular formula is C50H50FN7O9. The predicted molar refractivity (Wildman–Crippen MR) is 248 cm³/mol. The van der Waals surface area contributed by atoms with Gasteiger partial charge in [0.2, 0.25) is 29.0 Å². The van der Waals surface area contributed by atoms with E-state index < -0.39 is 29.1 Å². The molecule has 67 heavy (non-hydrogen) atoms. The van der Waals surface area contributed by atoms with Gasteiger partial charge < -0.3 is 34.3 Å². The minimum Gasteiger partial charge on any atom is -0.493 e. The number of rotatable bonds is 17. The molecule has 0 spiro atoms. The molecule has 1 unspecified atom stereocenters. The summed E-state index contributed by atoms with van der Waals surface area (Å²) < 4.78 is 35.0. The van der Waals surface area contributed by atoms with Crippen LogP contribution in [0.1, 0.15) is 95.8 Å². The predicted octanol–water partition coefficient (Wildman–Crippen LogP) is 7.66. The minimum absolute atomic E-state index is 0.0248. The number of imide groups is 1. The minimum atomic E-state index is -0.771. The maximum atomic E-state index is 15.5. The number of aryl methyl sites for hydroxylation is 2. The number of anilines is 2. The number of nitrogens with one attached hydrogen (secondary N) is 3. The number of carbonyl (C=O) groups excluding carboxylic acids is 5. The molecule has 4 aromatic carbocycles. The zero-order chi connectivity index (χ0) is 47.4. The second-order valence-electron chi connectivity index (χ2n) is 16.6. The van der Waals surface area contributed by atoms with Gasteiger partial charge in [-0.15, -0.1) is 0 Å². The van der Waals surface area contributed by atoms with Crippen molar-refractivity contribution >= 4 is 62.7 Å². The number of piperidine rings is 1. The Morgan fingerprint density at radius 3 is 2.42 bits per heavy atom. The molecule has 0 saturated carbocycles. The number of carbonyl (C=O) groups is 5. The van der Waals surface area contributed by atoms with E-state index in [-0.39, 0.29) is 60.0 Å². The van der Waals surface area contributed by atoms with Gasteiger partial charge in [-0.2, -0.15) is 0 Å². The molecule has 5 amide bonds. The van der Waals surface area contributed by atoms with Crippen LogP contribution in [-0.4, -0.2) is 68.7 Å². The van der Waals surface area contributed by atoms with E-state index in [9.17, 15) is 28.8 Å². The highest BCUT2D eigenvalue weighted by Crippen LogP contribution is 2.37. The summed E-state index contributed by atoms with van der Waals surface area (Å²) in [5.74, 6) is -1.91. The van der Waals surface area contributed by atoms with Gasteiger partial charge in [0.15, 0.2) is 23.1 Å². The van der Waals surface area contributed by atoms with Crippen LogP contribution in [0.4, 0.5) is 15.8 Å². The molecule has 0 radical (unpaired) electrons. The van der Waals surface area contributed by atoms with Gasteiger partial charge in [-0.05, 0) is 86.2 Å². The van der Waals surface area contributed by atoms with Crippen LogP contribution in [0.2, 0.25) is 0 Å². The monoisotopic (exact) mass is 911 g/mol. The number of aromatic nitrogens is 3. The van der Waals surface area contributed by atoms with Crippen LogP contribution in [-0.2, 0) is 34.4 Å². The molecule has 2 aliphatic rings. The van der Waals surface area contributed by atoms with E-state index in [4.69, 9.17) is 14.2 Å². The molecule has 2 aliphatic heterocycles. The molecule has 1 fully saturated rings. The lowest BCUT2D eigenvalue weighted by Gasteiger charge is -2.29. The summed E-state index contributed by atoms with van der Waals surface area (Å²) in [6.07, 6.45) is 6.82. The second kappa shape index (κ2) is 19.8. The number of unbranched alkanes of at least 4 members (excludes halogenated alkanes) is 4. The second-order valence-corrected chi connectivity index (χ2v) is 16.6. The largest absolute Gasteiger partial charge is 0.493 e. The maximum absolute atomic E-state index is 15.5. The van der Waals surface area contributed by atoms with Crippen molar-refractivity contribution in [2.24, 2.45) is 7.05 Å². The highest BCUT2D eigenvalue weighted by Gasteiger charge is 2.39. The summed E-state index contributed by atoms with van der Waals surface area (Å²) in [7, 11) is 3.29. The normalized spacial score (nSPS) is 14.6. The van der Waals surface area contributed by atoms with Gasteiger partial charge in [-0.25, -0.2) is 14.4 Å². The summed E-state index contributed by atoms with van der Waals surface area (Å²) in [5, 5.41) is 8.72. The average Bonchev–Trinajstić information content (AvgIpc) is 3.64. The van der Waals surface area contributed by atoms with Gasteiger partial charge in [0.1, 0.15) is 17.9 Å². The number of ether oxygens (including phenoxy) is 3. The van der Waals surface area contributed by atoms with Crippen LogP contribution in [0.15, 0.2) is 77.9 Å². The topological polar surface area (TPSA) is 200 Å². The number of hydrogen-bond acceptors (Lipinski definition) is 11. The van der Waals surface area contributed by atoms with E-state index in [0.29, 0.717) is 69.7 Å². The van der Waals surface area contributed by atoms with Crippen molar-refractivity contribution in [2.75, 3.05) is 24.4 Å². The first-order valence-electron chi connectivity index (χ1n) is 22.3. The van der Waals surface area contributed by atoms with Gasteiger partial charge in [-0.1, -0.05) is 38.3 Å². The first kappa shape index (κ1) is 45.9. The fourth-order valence-electron chi connectivity index (χ4n) is 8.50. The number of benzene rings is 4. The number of hydrogen-bond donors (Lipinski definition) is 3. The van der Waals surface area contributed by atoms with Crippen LogP contribution >= 0.6 is 0 Å². The third-order valence-electron chi connectivity index (χ3n) is 12.3. The summed E-state index contributed by atoms with van der Waals surface area (Å²) in [6, 6.07) is 17.4. The molecule has 2 aromatic heterocycles. The number of amides is 5. The van der Waals surface area contributed by atoms with Crippen molar-refractivity contribution in [3.63, 3.8) is 0 Å². The summed E-state index contributed by atoms with van der Waals surface area (Å²) >= 11 is 0. The molecule has 8 rings (SSSR count). The zero-order valence-electron chi connectivity index (χ0n) is 37.6. The lowest BCUT2D eigenvalue weighted by molar-refractivity contribution is -0.137. The summed E-state index contributed by atoms with van der Waals surface area (Å²) in [4.78, 5) is 86.8. The van der Waals surface area contributed by atoms with E-state index >= 15 is 4.39 Å². The Morgan fingerprint density at radius 2 is 1.64 bits per heavy atom. The first-order chi connectivity index (χ1) is 32.3. The number of pyridine rings is 1. The van der Waals surface area contributed by atoms with E-state index in [1.165, 1.54) is 30.5 Å². The van der Waals surface area contributed by atoms with Gasteiger partial charge in [0.25, 0.3) is 11.8 Å². The van der Waals surface area contributed by atoms with Crippen LogP contribution in [0.5, 0.6) is 23.1 Å². The third-order valence-corrected chi connectivity index (χ3v) is 12.3. The smallest absolute Gasteiger partial charge is 0.261 e. The molecule has 4 heterocycles. The highest BCUT2D eigenvalue weighted by molar-refractivity contribution is 6.07. The van der Waals surface area contributed by atoms with Crippen LogP contribution in [0.3, 0.4) is 0 Å². The van der Waals surface area contributed by atoms with E-state index in [1.54, 1.807) is 54.9 Å². The number of methoxy groups -OCH3 is 1. The number of fused-ring (bicyclic) bond motifs is 3. The van der Waals surface area contributed by atoms with E-state index in [2.05, 4.69) is 25.9 Å². The molecule has 1 atom stereocenters. The van der Waals surface area contributed by atoms with Gasteiger partial charge in [-0.3, -0.25) is 34.1 Å². The van der Waals surface area contributed by atoms with Gasteiger partial charge in [0, 0.05) is 66.6 Å². The fraction of sp³-hybridized carbons (Fsp3) is 0.320. The SMILES string of the molecule is CCc1ccc2c(c1)c(=O)c(C(=O)Nc1ccc(Oc3ncnc4cc(OCCCCCCCC(=O)Nc5ccc6c(c5)C(=O)N(C5CCC(=O)NC5=O)C6)c(OC)cc34)c(F)c1)c(C)n2C. The molecule has 16 nitrogen and oxygen atoms in total. The van der Waals surface area contributed by atoms with Crippen LogP contribution in [0.25, 0.3) is 21.8 Å². The molecule has 1 saturated heterocycles. The van der Waals surface area contributed by atoms with Crippen molar-refractivity contribution in [1.29, 1.82) is 0 Å². The standard InChI is InChI=1S/C50H50FN7O9/c1-5-29-12-16-38-35(21-29)46(61)45(28(2)57(38)3)48(63)55-32-15-18-40(36(51)23-32)67-49-34-24-41(65-4)42(25-37(34)52-27-53-49)66-20-10-8-6-7-9-11-43(59)54-31-14-13-30-26-58(50(64)33(30)22-31)39-17-19-44(60)56-47(39)62/h12-16,18,21-25,27,39H,5-11,17,19-20,26H2,1-4H3,(H,54,59)(H,55,63)(H,56,60,62). The number of nitrogens with zero attached hydrogens (tertiary/aromatic N) is 4. The van der Waals surface area contributed by atoms with Gasteiger partial charge in [0.05, 0.1) is 30.1 Å². The molecule has 17 heteroatoms. The molecular weight excluding hydrogens is 862 g/mol. The third kappa shape index (κ3) is 9.81. The Morgan fingerprint density at radius 1 is 0.866 bits per heavy atom. The Balaban J connectivity index is 0.799. The van der Waals surface area contributed by atoms with Crippen molar-refractivity contribution in [1.82, 2.24) is 24.8 Å². The van der Waals surface area contributed by atoms with Crippen molar-refractivity contribution in [3.05, 3.63) is 117 Å². The maximum Gasteiger partial charge on any atom is 0.261 e. The number of halogens is 1. The molecule has 6 aromatic rings. The summed E-state index contributed by atoms with van der Waals surface area (Å²) in [5.41, 5.74) is 4.06. The van der Waals surface area contributed by atoms with E-state index in [0.717, 1.165) is 49.3 Å². The Kier molecular flexibility index (Phi) is 13.6. The van der Waals surface area contributed by atoms with Crippen LogP contribution in [0, 0.1) is 12.7 Å².